The Kier molecular flexibility index (Phi) is 6.54. The van der Waals surface area contributed by atoms with Crippen molar-refractivity contribution < 1.29 is 9.53 Å². The summed E-state index contributed by atoms with van der Waals surface area (Å²) in [5.41, 5.74) is 5.06. The van der Waals surface area contributed by atoms with Crippen molar-refractivity contribution in [1.82, 2.24) is 5.32 Å². The molecular formula is C9H20N2O2. The Morgan fingerprint density at radius 3 is 2.54 bits per heavy atom. The minimum Gasteiger partial charge on any atom is -0.380 e. The average molecular weight is 188 g/mol. The topological polar surface area (TPSA) is 64.3 Å². The third-order valence-electron chi connectivity index (χ3n) is 1.65. The van der Waals surface area contributed by atoms with E-state index in [2.05, 4.69) is 5.32 Å². The molecule has 78 valence electrons. The number of carbonyl (C=O) groups is 1. The molecule has 0 spiro atoms. The minimum absolute atomic E-state index is 0.118. The van der Waals surface area contributed by atoms with Crippen LogP contribution in [0.25, 0.3) is 0 Å². The summed E-state index contributed by atoms with van der Waals surface area (Å²) in [5.74, 6) is -0.274. The van der Waals surface area contributed by atoms with Crippen molar-refractivity contribution >= 4 is 5.91 Å². The Labute approximate surface area is 79.8 Å². The third-order valence-corrected chi connectivity index (χ3v) is 1.65. The highest BCUT2D eigenvalue weighted by molar-refractivity contribution is 5.74. The molecular weight excluding hydrogens is 168 g/mol. The number of hydrogen-bond donors (Lipinski definition) is 2. The van der Waals surface area contributed by atoms with Gasteiger partial charge in [0.1, 0.15) is 0 Å². The van der Waals surface area contributed by atoms with Gasteiger partial charge in [-0.15, -0.1) is 0 Å². The zero-order chi connectivity index (χ0) is 10.3. The summed E-state index contributed by atoms with van der Waals surface area (Å²) in [4.78, 5) is 10.6. The molecule has 2 unspecified atom stereocenters. The Bertz CT molecular complexity index is 151. The Balaban J connectivity index is 3.52. The number of carbonyl (C=O) groups excluding carboxylic acids is 1. The fourth-order valence-electron chi connectivity index (χ4n) is 1.19. The van der Waals surface area contributed by atoms with Gasteiger partial charge in [-0.25, -0.2) is 0 Å². The number of ether oxygens (including phenoxy) is 1. The van der Waals surface area contributed by atoms with Gasteiger partial charge in [0.15, 0.2) is 0 Å². The summed E-state index contributed by atoms with van der Waals surface area (Å²) in [6, 6.07) is 0.377. The predicted molar refractivity (Wildman–Crippen MR) is 52.4 cm³/mol. The molecule has 13 heavy (non-hydrogen) atoms. The molecule has 0 bridgehead atoms. The average Bonchev–Trinajstić information content (AvgIpc) is 1.98. The van der Waals surface area contributed by atoms with Crippen molar-refractivity contribution in [2.75, 3.05) is 13.2 Å². The van der Waals surface area contributed by atoms with E-state index in [4.69, 9.17) is 10.5 Å². The lowest BCUT2D eigenvalue weighted by molar-refractivity contribution is -0.118. The lowest BCUT2D eigenvalue weighted by Gasteiger charge is -2.18. The van der Waals surface area contributed by atoms with Crippen LogP contribution in [-0.4, -0.2) is 31.2 Å². The fourth-order valence-corrected chi connectivity index (χ4v) is 1.19. The lowest BCUT2D eigenvalue weighted by atomic mass is 10.2. The third kappa shape index (κ3) is 7.74. The first-order chi connectivity index (χ1) is 6.06. The molecule has 0 heterocycles. The summed E-state index contributed by atoms with van der Waals surface area (Å²) in [5, 5.41) is 3.22. The number of primary amides is 1. The zero-order valence-electron chi connectivity index (χ0n) is 8.67. The molecule has 0 aliphatic heterocycles. The maximum absolute atomic E-state index is 10.6. The normalized spacial score (nSPS) is 15.3. The van der Waals surface area contributed by atoms with Crippen molar-refractivity contribution in [2.24, 2.45) is 5.73 Å². The SMILES string of the molecule is CCOCC(C)NC(C)CC(N)=O. The second-order valence-corrected chi connectivity index (χ2v) is 3.30. The quantitative estimate of drug-likeness (QED) is 0.602. The van der Waals surface area contributed by atoms with Gasteiger partial charge < -0.3 is 15.8 Å². The van der Waals surface area contributed by atoms with Gasteiger partial charge in [-0.3, -0.25) is 4.79 Å². The summed E-state index contributed by atoms with van der Waals surface area (Å²) in [6.07, 6.45) is 0.371. The van der Waals surface area contributed by atoms with Crippen molar-refractivity contribution in [3.05, 3.63) is 0 Å². The van der Waals surface area contributed by atoms with E-state index in [0.717, 1.165) is 6.61 Å². The van der Waals surface area contributed by atoms with Crippen molar-refractivity contribution in [3.63, 3.8) is 0 Å². The van der Waals surface area contributed by atoms with Gasteiger partial charge in [-0.05, 0) is 20.8 Å². The van der Waals surface area contributed by atoms with Crippen molar-refractivity contribution in [2.45, 2.75) is 39.3 Å². The highest BCUT2D eigenvalue weighted by atomic mass is 16.5. The molecule has 1 amide bonds. The van der Waals surface area contributed by atoms with Crippen LogP contribution < -0.4 is 11.1 Å². The van der Waals surface area contributed by atoms with E-state index in [1.807, 2.05) is 20.8 Å². The van der Waals surface area contributed by atoms with E-state index in [1.54, 1.807) is 0 Å². The first-order valence-corrected chi connectivity index (χ1v) is 4.68. The summed E-state index contributed by atoms with van der Waals surface area (Å²) >= 11 is 0. The van der Waals surface area contributed by atoms with Crippen LogP contribution in [0, 0.1) is 0 Å². The van der Waals surface area contributed by atoms with E-state index in [0.29, 0.717) is 13.0 Å². The molecule has 0 aromatic carbocycles. The first kappa shape index (κ1) is 12.4. The van der Waals surface area contributed by atoms with Gasteiger partial charge in [0, 0.05) is 25.1 Å². The molecule has 3 N–H and O–H groups in total. The molecule has 4 nitrogen and oxygen atoms in total. The van der Waals surface area contributed by atoms with E-state index in [9.17, 15) is 4.79 Å². The zero-order valence-corrected chi connectivity index (χ0v) is 8.67. The molecule has 0 aliphatic rings. The summed E-state index contributed by atoms with van der Waals surface area (Å²) in [6.45, 7) is 7.30. The van der Waals surface area contributed by atoms with Crippen LogP contribution in [-0.2, 0) is 9.53 Å². The second-order valence-electron chi connectivity index (χ2n) is 3.30. The van der Waals surface area contributed by atoms with Gasteiger partial charge in [0.2, 0.25) is 5.91 Å². The van der Waals surface area contributed by atoms with Crippen LogP contribution in [0.1, 0.15) is 27.2 Å². The maximum atomic E-state index is 10.6. The van der Waals surface area contributed by atoms with Gasteiger partial charge in [0.05, 0.1) is 6.61 Å². The van der Waals surface area contributed by atoms with Crippen LogP contribution in [0.2, 0.25) is 0 Å². The number of nitrogens with two attached hydrogens (primary N) is 1. The Morgan fingerprint density at radius 1 is 1.46 bits per heavy atom. The van der Waals surface area contributed by atoms with Gasteiger partial charge in [-0.1, -0.05) is 0 Å². The second kappa shape index (κ2) is 6.86. The van der Waals surface area contributed by atoms with Gasteiger partial charge >= 0.3 is 0 Å². The van der Waals surface area contributed by atoms with E-state index >= 15 is 0 Å². The molecule has 0 saturated heterocycles. The lowest BCUT2D eigenvalue weighted by Crippen LogP contribution is -2.39. The summed E-state index contributed by atoms with van der Waals surface area (Å²) in [7, 11) is 0. The van der Waals surface area contributed by atoms with E-state index in [-0.39, 0.29) is 18.0 Å². The molecule has 2 atom stereocenters. The number of hydrogen-bond acceptors (Lipinski definition) is 3. The molecule has 4 heteroatoms. The smallest absolute Gasteiger partial charge is 0.218 e. The van der Waals surface area contributed by atoms with Crippen LogP contribution >= 0.6 is 0 Å². The van der Waals surface area contributed by atoms with Gasteiger partial charge in [0.25, 0.3) is 0 Å². The van der Waals surface area contributed by atoms with Crippen LogP contribution in [0.4, 0.5) is 0 Å². The fraction of sp³-hybridized carbons (Fsp3) is 0.889. The van der Waals surface area contributed by atoms with Gasteiger partial charge in [-0.2, -0.15) is 0 Å². The van der Waals surface area contributed by atoms with Crippen LogP contribution in [0.5, 0.6) is 0 Å². The number of rotatable bonds is 7. The Morgan fingerprint density at radius 2 is 2.08 bits per heavy atom. The monoisotopic (exact) mass is 188 g/mol. The van der Waals surface area contributed by atoms with E-state index < -0.39 is 0 Å². The molecule has 0 aromatic rings. The highest BCUT2D eigenvalue weighted by Gasteiger charge is 2.09. The Hall–Kier alpha value is -0.610. The molecule has 0 rings (SSSR count). The largest absolute Gasteiger partial charge is 0.380 e. The number of nitrogens with one attached hydrogen (secondary N) is 1. The van der Waals surface area contributed by atoms with Crippen molar-refractivity contribution in [3.8, 4) is 0 Å². The predicted octanol–water partition coefficient (Wildman–Crippen LogP) is 0.265. The van der Waals surface area contributed by atoms with Crippen molar-refractivity contribution in [1.29, 1.82) is 0 Å². The number of amides is 1. The molecule has 0 radical (unpaired) electrons. The maximum Gasteiger partial charge on any atom is 0.218 e. The summed E-state index contributed by atoms with van der Waals surface area (Å²) < 4.78 is 5.22. The van der Waals surface area contributed by atoms with E-state index in [1.165, 1.54) is 0 Å². The molecule has 0 aromatic heterocycles. The molecule has 0 fully saturated rings. The van der Waals surface area contributed by atoms with Crippen LogP contribution in [0.3, 0.4) is 0 Å². The highest BCUT2D eigenvalue weighted by Crippen LogP contribution is 1.93. The minimum atomic E-state index is -0.274. The molecule has 0 saturated carbocycles. The van der Waals surface area contributed by atoms with Crippen LogP contribution in [0.15, 0.2) is 0 Å². The first-order valence-electron chi connectivity index (χ1n) is 4.68. The standard InChI is InChI=1S/C9H20N2O2/c1-4-13-6-8(3)11-7(2)5-9(10)12/h7-8,11H,4-6H2,1-3H3,(H2,10,12). The molecule has 0 aliphatic carbocycles.